The molecule has 16 heavy (non-hydrogen) atoms. The normalized spacial score (nSPS) is 26.7. The largest absolute Gasteiger partial charge is 0.346 e. The summed E-state index contributed by atoms with van der Waals surface area (Å²) >= 11 is 0. The zero-order chi connectivity index (χ0) is 11.0. The quantitative estimate of drug-likeness (QED) is 0.802. The van der Waals surface area contributed by atoms with E-state index in [1.807, 2.05) is 0 Å². The zero-order valence-electron chi connectivity index (χ0n) is 10.1. The number of nitrogens with one attached hydrogen (secondary N) is 2. The minimum Gasteiger partial charge on any atom is -0.346 e. The lowest BCUT2D eigenvalue weighted by molar-refractivity contribution is 0.678. The Morgan fingerprint density at radius 2 is 1.94 bits per heavy atom. The van der Waals surface area contributed by atoms with Gasteiger partial charge in [0, 0.05) is 24.1 Å². The average molecular weight is 219 g/mol. The van der Waals surface area contributed by atoms with Crippen molar-refractivity contribution in [1.29, 1.82) is 0 Å². The van der Waals surface area contributed by atoms with Gasteiger partial charge in [-0.1, -0.05) is 12.8 Å². The number of imidazole rings is 1. The van der Waals surface area contributed by atoms with Gasteiger partial charge in [0.05, 0.1) is 5.69 Å². The number of H-pyrrole nitrogens is 1. The summed E-state index contributed by atoms with van der Waals surface area (Å²) in [4.78, 5) is 8.39. The maximum absolute atomic E-state index is 4.88. The second-order valence-electron chi connectivity index (χ2n) is 5.30. The molecular weight excluding hydrogens is 198 g/mol. The summed E-state index contributed by atoms with van der Waals surface area (Å²) in [6.45, 7) is 4.42. The van der Waals surface area contributed by atoms with Crippen molar-refractivity contribution in [3.05, 3.63) is 17.2 Å². The zero-order valence-corrected chi connectivity index (χ0v) is 10.1. The van der Waals surface area contributed by atoms with Crippen LogP contribution in [0.1, 0.15) is 61.2 Å². The Morgan fingerprint density at radius 1 is 1.12 bits per heavy atom. The number of hydrogen-bond donors (Lipinski definition) is 2. The van der Waals surface area contributed by atoms with E-state index < -0.39 is 0 Å². The molecule has 1 aliphatic heterocycles. The van der Waals surface area contributed by atoms with Crippen LogP contribution in [0, 0.1) is 6.92 Å². The highest BCUT2D eigenvalue weighted by Crippen LogP contribution is 2.35. The highest BCUT2D eigenvalue weighted by Gasteiger charge is 2.25. The van der Waals surface area contributed by atoms with Gasteiger partial charge in [0.15, 0.2) is 0 Å². The van der Waals surface area contributed by atoms with Crippen LogP contribution in [0.2, 0.25) is 0 Å². The third-order valence-corrected chi connectivity index (χ3v) is 4.13. The Balaban J connectivity index is 1.83. The molecule has 1 aromatic heterocycles. The van der Waals surface area contributed by atoms with Gasteiger partial charge in [-0.05, 0) is 32.7 Å². The lowest BCUT2D eigenvalue weighted by Crippen LogP contribution is -2.08. The highest BCUT2D eigenvalue weighted by atomic mass is 15.0. The molecule has 1 atom stereocenters. The van der Waals surface area contributed by atoms with Crippen molar-refractivity contribution >= 4 is 0 Å². The molecule has 2 N–H and O–H groups in total. The number of hydrogen-bond acceptors (Lipinski definition) is 2. The molecule has 2 aliphatic rings. The fraction of sp³-hybridized carbons (Fsp3) is 0.769. The van der Waals surface area contributed by atoms with E-state index in [1.165, 1.54) is 49.3 Å². The molecule has 1 saturated heterocycles. The van der Waals surface area contributed by atoms with Crippen LogP contribution in [-0.2, 0) is 0 Å². The molecule has 1 unspecified atom stereocenters. The van der Waals surface area contributed by atoms with Gasteiger partial charge >= 0.3 is 0 Å². The SMILES string of the molecule is Cc1[nH]c(C2CCNC2)nc1C1CCCC1. The van der Waals surface area contributed by atoms with Gasteiger partial charge in [0.2, 0.25) is 0 Å². The molecule has 3 heteroatoms. The molecule has 1 aromatic rings. The molecule has 0 radical (unpaired) electrons. The fourth-order valence-corrected chi connectivity index (χ4v) is 3.18. The van der Waals surface area contributed by atoms with Crippen LogP contribution < -0.4 is 5.32 Å². The average Bonchev–Trinajstić information content (AvgIpc) is 2.97. The molecule has 0 amide bonds. The number of aryl methyl sites for hydroxylation is 1. The molecule has 3 rings (SSSR count). The third-order valence-electron chi connectivity index (χ3n) is 4.13. The van der Waals surface area contributed by atoms with Crippen molar-refractivity contribution in [2.45, 2.75) is 50.9 Å². The van der Waals surface area contributed by atoms with Crippen molar-refractivity contribution < 1.29 is 0 Å². The van der Waals surface area contributed by atoms with E-state index >= 15 is 0 Å². The number of nitrogens with zero attached hydrogens (tertiary/aromatic N) is 1. The van der Waals surface area contributed by atoms with Crippen molar-refractivity contribution in [2.24, 2.45) is 0 Å². The maximum atomic E-state index is 4.88. The van der Waals surface area contributed by atoms with Crippen LogP contribution in [0.3, 0.4) is 0 Å². The van der Waals surface area contributed by atoms with E-state index in [4.69, 9.17) is 4.98 Å². The Hall–Kier alpha value is -0.830. The summed E-state index contributed by atoms with van der Waals surface area (Å²) in [5, 5.41) is 3.41. The molecule has 0 aromatic carbocycles. The molecule has 0 spiro atoms. The van der Waals surface area contributed by atoms with E-state index in [0.717, 1.165) is 19.0 Å². The minimum atomic E-state index is 0.619. The monoisotopic (exact) mass is 219 g/mol. The van der Waals surface area contributed by atoms with Crippen molar-refractivity contribution in [3.63, 3.8) is 0 Å². The van der Waals surface area contributed by atoms with E-state index in [-0.39, 0.29) is 0 Å². The molecule has 2 heterocycles. The maximum Gasteiger partial charge on any atom is 0.111 e. The van der Waals surface area contributed by atoms with E-state index in [1.54, 1.807) is 0 Å². The van der Waals surface area contributed by atoms with E-state index in [0.29, 0.717) is 5.92 Å². The van der Waals surface area contributed by atoms with Crippen LogP contribution >= 0.6 is 0 Å². The second-order valence-corrected chi connectivity index (χ2v) is 5.30. The predicted molar refractivity (Wildman–Crippen MR) is 64.8 cm³/mol. The van der Waals surface area contributed by atoms with Crippen LogP contribution in [0.25, 0.3) is 0 Å². The molecular formula is C13H21N3. The summed E-state index contributed by atoms with van der Waals surface area (Å²) < 4.78 is 0. The van der Waals surface area contributed by atoms with Crippen LogP contribution in [0.4, 0.5) is 0 Å². The molecule has 88 valence electrons. The first kappa shape index (κ1) is 10.3. The first-order chi connectivity index (χ1) is 7.84. The number of rotatable bonds is 2. The van der Waals surface area contributed by atoms with Gasteiger partial charge in [0.1, 0.15) is 5.82 Å². The highest BCUT2D eigenvalue weighted by molar-refractivity contribution is 5.21. The summed E-state index contributed by atoms with van der Waals surface area (Å²) in [7, 11) is 0. The Kier molecular flexibility index (Phi) is 2.72. The van der Waals surface area contributed by atoms with Crippen molar-refractivity contribution in [3.8, 4) is 0 Å². The number of aromatic nitrogens is 2. The summed E-state index contributed by atoms with van der Waals surface area (Å²) in [6, 6.07) is 0. The van der Waals surface area contributed by atoms with Gasteiger partial charge in [-0.15, -0.1) is 0 Å². The summed E-state index contributed by atoms with van der Waals surface area (Å²) in [5.74, 6) is 2.58. The Labute approximate surface area is 97.0 Å². The van der Waals surface area contributed by atoms with Crippen LogP contribution in [0.15, 0.2) is 0 Å². The lowest BCUT2D eigenvalue weighted by Gasteiger charge is -2.06. The second kappa shape index (κ2) is 4.21. The number of aromatic amines is 1. The molecule has 1 saturated carbocycles. The third kappa shape index (κ3) is 1.77. The van der Waals surface area contributed by atoms with Gasteiger partial charge in [0.25, 0.3) is 0 Å². The van der Waals surface area contributed by atoms with E-state index in [2.05, 4.69) is 17.2 Å². The minimum absolute atomic E-state index is 0.619. The van der Waals surface area contributed by atoms with Crippen LogP contribution in [0.5, 0.6) is 0 Å². The van der Waals surface area contributed by atoms with Crippen LogP contribution in [-0.4, -0.2) is 23.1 Å². The first-order valence-electron chi connectivity index (χ1n) is 6.61. The fourth-order valence-electron chi connectivity index (χ4n) is 3.18. The Morgan fingerprint density at radius 3 is 2.62 bits per heavy atom. The van der Waals surface area contributed by atoms with Gasteiger partial charge in [-0.25, -0.2) is 4.98 Å². The molecule has 1 aliphatic carbocycles. The van der Waals surface area contributed by atoms with E-state index in [9.17, 15) is 0 Å². The van der Waals surface area contributed by atoms with Crippen molar-refractivity contribution in [2.75, 3.05) is 13.1 Å². The standard InChI is InChI=1S/C13H21N3/c1-9-12(10-4-2-3-5-10)16-13(15-9)11-6-7-14-8-11/h10-11,14H,2-8H2,1H3,(H,15,16). The van der Waals surface area contributed by atoms with Gasteiger partial charge < -0.3 is 10.3 Å². The van der Waals surface area contributed by atoms with Gasteiger partial charge in [-0.2, -0.15) is 0 Å². The van der Waals surface area contributed by atoms with Gasteiger partial charge in [-0.3, -0.25) is 0 Å². The topological polar surface area (TPSA) is 40.7 Å². The first-order valence-corrected chi connectivity index (χ1v) is 6.61. The summed E-state index contributed by atoms with van der Waals surface area (Å²) in [5.41, 5.74) is 2.67. The predicted octanol–water partition coefficient (Wildman–Crippen LogP) is 2.45. The molecule has 0 bridgehead atoms. The smallest absolute Gasteiger partial charge is 0.111 e. The lowest BCUT2D eigenvalue weighted by atomic mass is 10.0. The Bertz CT molecular complexity index is 357. The molecule has 3 nitrogen and oxygen atoms in total. The summed E-state index contributed by atoms with van der Waals surface area (Å²) in [6.07, 6.45) is 6.69. The molecule has 2 fully saturated rings. The van der Waals surface area contributed by atoms with Crippen molar-refractivity contribution in [1.82, 2.24) is 15.3 Å².